The van der Waals surface area contributed by atoms with Gasteiger partial charge in [-0.3, -0.25) is 4.79 Å². The van der Waals surface area contributed by atoms with Gasteiger partial charge in [-0.25, -0.2) is 13.8 Å². The smallest absolute Gasteiger partial charge is 0.248 e. The minimum Gasteiger partial charge on any atom is -0.481 e. The molecule has 4 nitrogen and oxygen atoms in total. The van der Waals surface area contributed by atoms with E-state index in [1.165, 1.54) is 19.4 Å². The Bertz CT molecular complexity index is 605. The van der Waals surface area contributed by atoms with Crippen LogP contribution < -0.4 is 10.1 Å². The van der Waals surface area contributed by atoms with Crippen molar-refractivity contribution in [2.75, 3.05) is 12.4 Å². The number of methoxy groups -OCH3 is 1. The highest BCUT2D eigenvalue weighted by molar-refractivity contribution is 5.98. The first-order chi connectivity index (χ1) is 10.9. The number of carbonyl (C=O) groups excluding carboxylic acids is 1. The summed E-state index contributed by atoms with van der Waals surface area (Å²) in [5.74, 6) is -2.33. The number of rotatable bonds is 5. The van der Waals surface area contributed by atoms with Gasteiger partial charge in [-0.05, 0) is 30.9 Å². The maximum absolute atomic E-state index is 13.2. The van der Waals surface area contributed by atoms with Crippen LogP contribution in [0.5, 0.6) is 5.88 Å². The third-order valence-electron chi connectivity index (χ3n) is 3.83. The number of hydrogen-bond acceptors (Lipinski definition) is 3. The van der Waals surface area contributed by atoms with E-state index in [1.807, 2.05) is 12.2 Å². The molecule has 0 saturated heterocycles. The summed E-state index contributed by atoms with van der Waals surface area (Å²) in [7, 11) is 1.50. The first kappa shape index (κ1) is 17.1. The van der Waals surface area contributed by atoms with Crippen molar-refractivity contribution in [3.63, 3.8) is 0 Å². The van der Waals surface area contributed by atoms with Crippen molar-refractivity contribution in [2.45, 2.75) is 31.6 Å². The van der Waals surface area contributed by atoms with Gasteiger partial charge in [0.1, 0.15) is 0 Å². The van der Waals surface area contributed by atoms with Crippen molar-refractivity contribution in [1.82, 2.24) is 4.98 Å². The molecule has 2 rings (SSSR count). The Balaban J connectivity index is 2.11. The molecule has 1 N–H and O–H groups in total. The number of ether oxygens (including phenoxy) is 1. The van der Waals surface area contributed by atoms with E-state index in [4.69, 9.17) is 4.74 Å². The second kappa shape index (κ2) is 7.35. The Morgan fingerprint density at radius 2 is 2.17 bits per heavy atom. The molecular weight excluding hydrogens is 302 g/mol. The SMILES string of the molecule is C=CC(=O)Nc1cnc(OC)c(/C=C/C2CCC(F)(F)CC2)c1. The van der Waals surface area contributed by atoms with Gasteiger partial charge in [0, 0.05) is 18.4 Å². The number of nitrogens with one attached hydrogen (secondary N) is 1. The Morgan fingerprint density at radius 1 is 1.48 bits per heavy atom. The molecule has 23 heavy (non-hydrogen) atoms. The number of halogens is 2. The van der Waals surface area contributed by atoms with E-state index in [2.05, 4.69) is 16.9 Å². The molecule has 1 amide bonds. The molecule has 1 aromatic heterocycles. The van der Waals surface area contributed by atoms with Crippen LogP contribution in [-0.4, -0.2) is 23.9 Å². The summed E-state index contributed by atoms with van der Waals surface area (Å²) in [6.45, 7) is 3.39. The topological polar surface area (TPSA) is 51.2 Å². The van der Waals surface area contributed by atoms with Crippen LogP contribution in [0.1, 0.15) is 31.2 Å². The largest absolute Gasteiger partial charge is 0.481 e. The van der Waals surface area contributed by atoms with Gasteiger partial charge in [0.15, 0.2) is 0 Å². The quantitative estimate of drug-likeness (QED) is 0.832. The number of amides is 1. The van der Waals surface area contributed by atoms with Crippen LogP contribution in [0.2, 0.25) is 0 Å². The molecule has 0 spiro atoms. The molecule has 1 saturated carbocycles. The normalized spacial score (nSPS) is 17.9. The van der Waals surface area contributed by atoms with Gasteiger partial charge in [0.05, 0.1) is 19.0 Å². The maximum atomic E-state index is 13.2. The Hall–Kier alpha value is -2.24. The van der Waals surface area contributed by atoms with Crippen molar-refractivity contribution in [1.29, 1.82) is 0 Å². The third-order valence-corrected chi connectivity index (χ3v) is 3.83. The number of allylic oxidation sites excluding steroid dienone is 1. The Kier molecular flexibility index (Phi) is 5.47. The summed E-state index contributed by atoms with van der Waals surface area (Å²) in [5.41, 5.74) is 1.21. The molecule has 0 atom stereocenters. The fourth-order valence-electron chi connectivity index (χ4n) is 2.52. The minimum atomic E-state index is -2.53. The number of carbonyl (C=O) groups is 1. The lowest BCUT2D eigenvalue weighted by molar-refractivity contribution is -0.111. The molecule has 1 aromatic rings. The van der Waals surface area contributed by atoms with Crippen LogP contribution in [0.3, 0.4) is 0 Å². The van der Waals surface area contributed by atoms with Crippen LogP contribution in [-0.2, 0) is 4.79 Å². The minimum absolute atomic E-state index is 0.0766. The van der Waals surface area contributed by atoms with Crippen molar-refractivity contribution < 1.29 is 18.3 Å². The lowest BCUT2D eigenvalue weighted by Gasteiger charge is -2.26. The zero-order valence-electron chi connectivity index (χ0n) is 13.0. The van der Waals surface area contributed by atoms with Gasteiger partial charge < -0.3 is 10.1 Å². The van der Waals surface area contributed by atoms with E-state index in [0.29, 0.717) is 30.0 Å². The standard InChI is InChI=1S/C17H20F2N2O2/c1-3-15(22)21-14-10-13(16(23-2)20-11-14)5-4-12-6-8-17(18,19)9-7-12/h3-5,10-12H,1,6-9H2,2H3,(H,21,22)/b5-4+. The first-order valence-electron chi connectivity index (χ1n) is 7.47. The number of nitrogens with zero attached hydrogens (tertiary/aromatic N) is 1. The number of pyridine rings is 1. The zero-order valence-corrected chi connectivity index (χ0v) is 13.0. The number of aromatic nitrogens is 1. The third kappa shape index (κ3) is 4.87. The van der Waals surface area contributed by atoms with E-state index in [-0.39, 0.29) is 24.7 Å². The van der Waals surface area contributed by atoms with E-state index in [1.54, 1.807) is 6.07 Å². The van der Waals surface area contributed by atoms with Crippen LogP contribution in [0.25, 0.3) is 6.08 Å². The highest BCUT2D eigenvalue weighted by Crippen LogP contribution is 2.37. The number of alkyl halides is 2. The highest BCUT2D eigenvalue weighted by Gasteiger charge is 2.33. The van der Waals surface area contributed by atoms with Gasteiger partial charge >= 0.3 is 0 Å². The van der Waals surface area contributed by atoms with Crippen molar-refractivity contribution >= 4 is 17.7 Å². The lowest BCUT2D eigenvalue weighted by atomic mass is 9.86. The molecule has 0 unspecified atom stereocenters. The summed E-state index contributed by atoms with van der Waals surface area (Å²) in [6, 6.07) is 1.72. The van der Waals surface area contributed by atoms with Gasteiger partial charge in [0.2, 0.25) is 17.7 Å². The molecule has 1 aliphatic rings. The second-order valence-corrected chi connectivity index (χ2v) is 5.57. The number of hydrogen-bond donors (Lipinski definition) is 1. The van der Waals surface area contributed by atoms with Crippen molar-refractivity contribution in [3.8, 4) is 5.88 Å². The molecule has 0 aliphatic heterocycles. The van der Waals surface area contributed by atoms with Gasteiger partial charge in [-0.1, -0.05) is 18.7 Å². The highest BCUT2D eigenvalue weighted by atomic mass is 19.3. The van der Waals surface area contributed by atoms with E-state index in [9.17, 15) is 13.6 Å². The molecule has 124 valence electrons. The molecule has 0 radical (unpaired) electrons. The average Bonchev–Trinajstić information content (AvgIpc) is 2.54. The molecule has 1 fully saturated rings. The molecule has 1 aliphatic carbocycles. The summed E-state index contributed by atoms with van der Waals surface area (Å²) >= 11 is 0. The lowest BCUT2D eigenvalue weighted by Crippen LogP contribution is -2.23. The van der Waals surface area contributed by atoms with E-state index >= 15 is 0 Å². The van der Waals surface area contributed by atoms with Crippen LogP contribution in [0.4, 0.5) is 14.5 Å². The summed E-state index contributed by atoms with van der Waals surface area (Å²) < 4.78 is 31.5. The van der Waals surface area contributed by atoms with Crippen LogP contribution >= 0.6 is 0 Å². The Morgan fingerprint density at radius 3 is 2.78 bits per heavy atom. The predicted molar refractivity (Wildman–Crippen MR) is 85.6 cm³/mol. The zero-order chi connectivity index (χ0) is 16.9. The van der Waals surface area contributed by atoms with Gasteiger partial charge in [0.25, 0.3) is 0 Å². The van der Waals surface area contributed by atoms with E-state index < -0.39 is 5.92 Å². The van der Waals surface area contributed by atoms with Crippen molar-refractivity contribution in [3.05, 3.63) is 36.6 Å². The maximum Gasteiger partial charge on any atom is 0.248 e. The Labute approximate surface area is 134 Å². The summed E-state index contributed by atoms with van der Waals surface area (Å²) in [4.78, 5) is 15.5. The van der Waals surface area contributed by atoms with E-state index in [0.717, 1.165) is 0 Å². The molecule has 6 heteroatoms. The van der Waals surface area contributed by atoms with Crippen LogP contribution in [0.15, 0.2) is 31.0 Å². The molecule has 0 bridgehead atoms. The molecule has 0 aromatic carbocycles. The fraction of sp³-hybridized carbons (Fsp3) is 0.412. The van der Waals surface area contributed by atoms with Gasteiger partial charge in [-0.15, -0.1) is 0 Å². The monoisotopic (exact) mass is 322 g/mol. The summed E-state index contributed by atoms with van der Waals surface area (Å²) in [5, 5.41) is 2.62. The summed E-state index contributed by atoms with van der Waals surface area (Å²) in [6.07, 6.45) is 7.15. The average molecular weight is 322 g/mol. The van der Waals surface area contributed by atoms with Crippen LogP contribution in [0, 0.1) is 5.92 Å². The number of anilines is 1. The van der Waals surface area contributed by atoms with Crippen molar-refractivity contribution in [2.24, 2.45) is 5.92 Å². The van der Waals surface area contributed by atoms with Gasteiger partial charge in [-0.2, -0.15) is 0 Å². The molecular formula is C17H20F2N2O2. The first-order valence-corrected chi connectivity index (χ1v) is 7.47. The predicted octanol–water partition coefficient (Wildman–Crippen LogP) is 4.05. The second-order valence-electron chi connectivity index (χ2n) is 5.57. The molecule has 1 heterocycles. The fourth-order valence-corrected chi connectivity index (χ4v) is 2.52.